The lowest BCUT2D eigenvalue weighted by Crippen LogP contribution is -2.49. The van der Waals surface area contributed by atoms with Crippen LogP contribution in [0.3, 0.4) is 0 Å². The molecule has 0 unspecified atom stereocenters. The molecule has 160 valence electrons. The first-order valence-corrected chi connectivity index (χ1v) is 11.9. The number of carbonyl (C=O) groups excluding carboxylic acids is 2. The Morgan fingerprint density at radius 3 is 1.90 bits per heavy atom. The molecule has 8 heteroatoms. The van der Waals surface area contributed by atoms with Crippen molar-refractivity contribution in [2.75, 3.05) is 18.9 Å². The van der Waals surface area contributed by atoms with Crippen LogP contribution in [0.1, 0.15) is 58.3 Å². The van der Waals surface area contributed by atoms with Crippen molar-refractivity contribution in [1.82, 2.24) is 9.21 Å². The molecule has 3 rings (SSSR count). The summed E-state index contributed by atoms with van der Waals surface area (Å²) in [4.78, 5) is 26.4. The third kappa shape index (κ3) is 5.17. The highest BCUT2D eigenvalue weighted by atomic mass is 32.2. The van der Waals surface area contributed by atoms with Gasteiger partial charge in [0.1, 0.15) is 0 Å². The molecule has 2 amide bonds. The fourth-order valence-corrected chi connectivity index (χ4v) is 5.64. The molecule has 2 aliphatic rings. The summed E-state index contributed by atoms with van der Waals surface area (Å²) >= 11 is 0. The lowest BCUT2D eigenvalue weighted by Gasteiger charge is -2.35. The Balaban J connectivity index is 1.71. The highest BCUT2D eigenvalue weighted by Gasteiger charge is 2.35. The summed E-state index contributed by atoms with van der Waals surface area (Å²) in [5.74, 6) is -0.313. The van der Waals surface area contributed by atoms with Crippen molar-refractivity contribution in [1.29, 1.82) is 0 Å². The minimum Gasteiger partial charge on any atom is -0.336 e. The summed E-state index contributed by atoms with van der Waals surface area (Å²) in [5.41, 5.74) is 0.531. The Kier molecular flexibility index (Phi) is 6.95. The molecule has 0 heterocycles. The summed E-state index contributed by atoms with van der Waals surface area (Å²) in [6, 6.07) is 6.50. The molecule has 1 aromatic rings. The number of sulfonamides is 1. The molecule has 0 aliphatic heterocycles. The molecule has 0 spiro atoms. The van der Waals surface area contributed by atoms with Gasteiger partial charge in [0.2, 0.25) is 21.8 Å². The van der Waals surface area contributed by atoms with E-state index in [1.54, 1.807) is 12.1 Å². The average molecular weight is 422 g/mol. The number of hydrogen-bond acceptors (Lipinski definition) is 4. The standard InChI is InChI=1S/C21H31N3O4S/c1-16(25)22-17-11-13-20(14-12-17)29(27,28)23(2)15-21(26)24(18-7-3-4-8-18)19-9-5-6-10-19/h11-14,18-19H,3-10,15H2,1-2H3,(H,22,25). The van der Waals surface area contributed by atoms with Crippen LogP contribution in [0, 0.1) is 0 Å². The van der Waals surface area contributed by atoms with E-state index in [1.807, 2.05) is 4.90 Å². The molecule has 0 radical (unpaired) electrons. The van der Waals surface area contributed by atoms with E-state index in [1.165, 1.54) is 26.1 Å². The van der Waals surface area contributed by atoms with Crippen molar-refractivity contribution < 1.29 is 18.0 Å². The zero-order chi connectivity index (χ0) is 21.0. The van der Waals surface area contributed by atoms with Crippen LogP contribution in [0.4, 0.5) is 5.69 Å². The quantitative estimate of drug-likeness (QED) is 0.733. The summed E-state index contributed by atoms with van der Waals surface area (Å²) in [6.45, 7) is 1.24. The summed E-state index contributed by atoms with van der Waals surface area (Å²) < 4.78 is 27.0. The van der Waals surface area contributed by atoms with Gasteiger partial charge in [-0.3, -0.25) is 9.59 Å². The molecular formula is C21H31N3O4S. The third-order valence-electron chi connectivity index (χ3n) is 5.96. The number of benzene rings is 1. The first-order chi connectivity index (χ1) is 13.8. The molecule has 0 aromatic heterocycles. The average Bonchev–Trinajstić information content (AvgIpc) is 3.36. The molecule has 7 nitrogen and oxygen atoms in total. The van der Waals surface area contributed by atoms with Crippen molar-refractivity contribution in [2.45, 2.75) is 75.3 Å². The number of carbonyl (C=O) groups is 2. The van der Waals surface area contributed by atoms with Gasteiger partial charge in [0.25, 0.3) is 0 Å². The normalized spacial score (nSPS) is 18.3. The van der Waals surface area contributed by atoms with Gasteiger partial charge in [0, 0.05) is 31.7 Å². The Bertz CT molecular complexity index is 810. The molecule has 0 bridgehead atoms. The van der Waals surface area contributed by atoms with Crippen molar-refractivity contribution >= 4 is 27.5 Å². The fourth-order valence-electron chi connectivity index (χ4n) is 4.52. The third-order valence-corrected chi connectivity index (χ3v) is 7.78. The predicted octanol–water partition coefficient (Wildman–Crippen LogP) is 2.98. The van der Waals surface area contributed by atoms with Gasteiger partial charge in [-0.1, -0.05) is 25.7 Å². The van der Waals surface area contributed by atoms with Crippen molar-refractivity contribution in [2.24, 2.45) is 0 Å². The molecule has 0 atom stereocenters. The molecule has 2 fully saturated rings. The Morgan fingerprint density at radius 2 is 1.45 bits per heavy atom. The van der Waals surface area contributed by atoms with Gasteiger partial charge in [-0.2, -0.15) is 4.31 Å². The predicted molar refractivity (Wildman–Crippen MR) is 112 cm³/mol. The number of nitrogens with zero attached hydrogens (tertiary/aromatic N) is 2. The minimum atomic E-state index is -3.79. The smallest absolute Gasteiger partial charge is 0.243 e. The van der Waals surface area contributed by atoms with Crippen LogP contribution in [0.25, 0.3) is 0 Å². The monoisotopic (exact) mass is 421 g/mol. The highest BCUT2D eigenvalue weighted by Crippen LogP contribution is 2.32. The van der Waals surface area contributed by atoms with Gasteiger partial charge in [-0.15, -0.1) is 0 Å². The Hall–Kier alpha value is -1.93. The first-order valence-electron chi connectivity index (χ1n) is 10.4. The van der Waals surface area contributed by atoms with E-state index in [4.69, 9.17) is 0 Å². The second-order valence-electron chi connectivity index (χ2n) is 8.14. The molecule has 2 aliphatic carbocycles. The maximum Gasteiger partial charge on any atom is 0.243 e. The van der Waals surface area contributed by atoms with Crippen LogP contribution in [0.15, 0.2) is 29.2 Å². The Labute approximate surface area is 173 Å². The number of amides is 2. The van der Waals surface area contributed by atoms with E-state index in [0.717, 1.165) is 55.7 Å². The number of hydrogen-bond donors (Lipinski definition) is 1. The van der Waals surface area contributed by atoms with Crippen molar-refractivity contribution in [3.63, 3.8) is 0 Å². The largest absolute Gasteiger partial charge is 0.336 e. The van der Waals surface area contributed by atoms with Crippen molar-refractivity contribution in [3.05, 3.63) is 24.3 Å². The van der Waals surface area contributed by atoms with Gasteiger partial charge in [0.15, 0.2) is 0 Å². The maximum atomic E-state index is 13.2. The van der Waals surface area contributed by atoms with Gasteiger partial charge >= 0.3 is 0 Å². The van der Waals surface area contributed by atoms with Gasteiger partial charge < -0.3 is 10.2 Å². The van der Waals surface area contributed by atoms with Crippen molar-refractivity contribution in [3.8, 4) is 0 Å². The van der Waals surface area contributed by atoms with Gasteiger partial charge in [0.05, 0.1) is 11.4 Å². The molecule has 2 saturated carbocycles. The molecule has 1 N–H and O–H groups in total. The van der Waals surface area contributed by atoms with E-state index in [0.29, 0.717) is 5.69 Å². The van der Waals surface area contributed by atoms with E-state index in [2.05, 4.69) is 5.32 Å². The number of rotatable bonds is 7. The number of anilines is 1. The molecular weight excluding hydrogens is 390 g/mol. The van der Waals surface area contributed by atoms with Crippen LogP contribution in [0.5, 0.6) is 0 Å². The topological polar surface area (TPSA) is 86.8 Å². The maximum absolute atomic E-state index is 13.2. The van der Waals surface area contributed by atoms with E-state index in [9.17, 15) is 18.0 Å². The SMILES string of the molecule is CC(=O)Nc1ccc(S(=O)(=O)N(C)CC(=O)N(C2CCCC2)C2CCCC2)cc1. The van der Waals surface area contributed by atoms with Gasteiger partial charge in [-0.05, 0) is 49.9 Å². The van der Waals surface area contributed by atoms with Crippen LogP contribution in [0.2, 0.25) is 0 Å². The van der Waals surface area contributed by atoms with E-state index >= 15 is 0 Å². The zero-order valence-electron chi connectivity index (χ0n) is 17.3. The number of nitrogens with one attached hydrogen (secondary N) is 1. The lowest BCUT2D eigenvalue weighted by atomic mass is 10.1. The second kappa shape index (κ2) is 9.26. The molecule has 1 aromatic carbocycles. The number of likely N-dealkylation sites (N-methyl/N-ethyl adjacent to an activating group) is 1. The zero-order valence-corrected chi connectivity index (χ0v) is 18.1. The molecule has 29 heavy (non-hydrogen) atoms. The van der Waals surface area contributed by atoms with Crippen LogP contribution < -0.4 is 5.32 Å². The first kappa shape index (κ1) is 21.8. The molecule has 0 saturated heterocycles. The summed E-state index contributed by atoms with van der Waals surface area (Å²) in [7, 11) is -2.33. The Morgan fingerprint density at radius 1 is 0.966 bits per heavy atom. The van der Waals surface area contributed by atoms with E-state index in [-0.39, 0.29) is 35.3 Å². The minimum absolute atomic E-state index is 0.0928. The van der Waals surface area contributed by atoms with Crippen LogP contribution >= 0.6 is 0 Å². The summed E-state index contributed by atoms with van der Waals surface area (Å²) in [6.07, 6.45) is 8.61. The fraction of sp³-hybridized carbons (Fsp3) is 0.619. The van der Waals surface area contributed by atoms with Crippen LogP contribution in [-0.2, 0) is 19.6 Å². The van der Waals surface area contributed by atoms with E-state index < -0.39 is 10.0 Å². The summed E-state index contributed by atoms with van der Waals surface area (Å²) in [5, 5.41) is 2.61. The highest BCUT2D eigenvalue weighted by molar-refractivity contribution is 7.89. The second-order valence-corrected chi connectivity index (χ2v) is 10.2. The van der Waals surface area contributed by atoms with Crippen LogP contribution in [-0.4, -0.2) is 55.1 Å². The lowest BCUT2D eigenvalue weighted by molar-refractivity contribution is -0.136. The van der Waals surface area contributed by atoms with Gasteiger partial charge in [-0.25, -0.2) is 8.42 Å².